The molecule has 5 heteroatoms. The summed E-state index contributed by atoms with van der Waals surface area (Å²) in [6, 6.07) is 18.7. The summed E-state index contributed by atoms with van der Waals surface area (Å²) in [7, 11) is 0. The quantitative estimate of drug-likeness (QED) is 0.725. The number of amides is 1. The van der Waals surface area contributed by atoms with E-state index in [9.17, 15) is 4.79 Å². The number of aliphatic hydroxyl groups excluding tert-OH is 1. The zero-order valence-electron chi connectivity index (χ0n) is 13.6. The average Bonchev–Trinajstić information content (AvgIpc) is 2.63. The molecule has 0 aliphatic heterocycles. The summed E-state index contributed by atoms with van der Waals surface area (Å²) >= 11 is 0. The second-order valence-corrected chi connectivity index (χ2v) is 5.52. The normalized spacial score (nSPS) is 10.4. The van der Waals surface area contributed by atoms with Gasteiger partial charge < -0.3 is 15.6 Å². The van der Waals surface area contributed by atoms with Crippen molar-refractivity contribution in [2.24, 2.45) is 5.73 Å². The summed E-state index contributed by atoms with van der Waals surface area (Å²) in [5.41, 5.74) is 8.68. The van der Waals surface area contributed by atoms with E-state index in [1.54, 1.807) is 24.4 Å². The van der Waals surface area contributed by atoms with Crippen LogP contribution in [0.2, 0.25) is 0 Å². The Hall–Kier alpha value is -3.18. The van der Waals surface area contributed by atoms with Gasteiger partial charge in [-0.2, -0.15) is 0 Å². The SMILES string of the molecule is NC(=O)c1cccnc1Oc1cccc(-c2ccc(CCO)cc2)c1. The number of ether oxygens (including phenoxy) is 1. The van der Waals surface area contributed by atoms with E-state index in [4.69, 9.17) is 15.6 Å². The van der Waals surface area contributed by atoms with Gasteiger partial charge in [0, 0.05) is 12.8 Å². The Labute approximate surface area is 145 Å². The lowest BCUT2D eigenvalue weighted by atomic mass is 10.0. The number of nitrogens with two attached hydrogens (primary N) is 1. The summed E-state index contributed by atoms with van der Waals surface area (Å²) < 4.78 is 5.75. The van der Waals surface area contributed by atoms with Crippen LogP contribution in [0.3, 0.4) is 0 Å². The predicted molar refractivity (Wildman–Crippen MR) is 95.5 cm³/mol. The highest BCUT2D eigenvalue weighted by Gasteiger charge is 2.11. The van der Waals surface area contributed by atoms with Crippen LogP contribution >= 0.6 is 0 Å². The molecular formula is C20H18N2O3. The fourth-order valence-electron chi connectivity index (χ4n) is 2.50. The zero-order valence-corrected chi connectivity index (χ0v) is 13.6. The molecule has 0 unspecified atom stereocenters. The van der Waals surface area contributed by atoms with Gasteiger partial charge in [0.2, 0.25) is 5.88 Å². The Morgan fingerprint density at radius 2 is 1.84 bits per heavy atom. The number of primary amides is 1. The minimum atomic E-state index is -0.585. The first kappa shape index (κ1) is 16.7. The van der Waals surface area contributed by atoms with Gasteiger partial charge in [0.05, 0.1) is 0 Å². The lowest BCUT2D eigenvalue weighted by molar-refractivity contribution is 0.0997. The zero-order chi connectivity index (χ0) is 17.6. The molecule has 0 aliphatic rings. The highest BCUT2D eigenvalue weighted by molar-refractivity contribution is 5.95. The van der Waals surface area contributed by atoms with Crippen LogP contribution in [-0.2, 0) is 6.42 Å². The second kappa shape index (κ2) is 7.59. The molecule has 126 valence electrons. The molecule has 0 saturated heterocycles. The van der Waals surface area contributed by atoms with Gasteiger partial charge in [-0.15, -0.1) is 0 Å². The molecule has 1 heterocycles. The lowest BCUT2D eigenvalue weighted by Gasteiger charge is -2.09. The third kappa shape index (κ3) is 4.02. The number of hydrogen-bond donors (Lipinski definition) is 2. The van der Waals surface area contributed by atoms with Crippen LogP contribution in [0, 0.1) is 0 Å². The average molecular weight is 334 g/mol. The number of pyridine rings is 1. The van der Waals surface area contributed by atoms with Gasteiger partial charge in [-0.1, -0.05) is 36.4 Å². The molecule has 0 atom stereocenters. The summed E-state index contributed by atoms with van der Waals surface area (Å²) in [6.45, 7) is 0.134. The van der Waals surface area contributed by atoms with Crippen LogP contribution < -0.4 is 10.5 Å². The third-order valence-corrected chi connectivity index (χ3v) is 3.77. The van der Waals surface area contributed by atoms with Gasteiger partial charge in [0.1, 0.15) is 11.3 Å². The number of rotatable bonds is 6. The van der Waals surface area contributed by atoms with E-state index in [2.05, 4.69) is 4.98 Å². The largest absolute Gasteiger partial charge is 0.438 e. The highest BCUT2D eigenvalue weighted by Crippen LogP contribution is 2.28. The topological polar surface area (TPSA) is 85.4 Å². The minimum Gasteiger partial charge on any atom is -0.438 e. The van der Waals surface area contributed by atoms with Crippen molar-refractivity contribution in [3.05, 3.63) is 78.0 Å². The number of hydrogen-bond acceptors (Lipinski definition) is 4. The van der Waals surface area contributed by atoms with Crippen LogP contribution in [0.4, 0.5) is 0 Å². The number of carbonyl (C=O) groups is 1. The van der Waals surface area contributed by atoms with Crippen molar-refractivity contribution in [3.63, 3.8) is 0 Å². The first-order valence-electron chi connectivity index (χ1n) is 7.90. The molecule has 0 fully saturated rings. The molecule has 1 amide bonds. The van der Waals surface area contributed by atoms with Crippen LogP contribution in [0.25, 0.3) is 11.1 Å². The molecule has 2 aromatic carbocycles. The number of carbonyl (C=O) groups excluding carboxylic acids is 1. The molecule has 5 nitrogen and oxygen atoms in total. The van der Waals surface area contributed by atoms with E-state index in [0.29, 0.717) is 12.2 Å². The third-order valence-electron chi connectivity index (χ3n) is 3.77. The van der Waals surface area contributed by atoms with Gasteiger partial charge >= 0.3 is 0 Å². The standard InChI is InChI=1S/C20H18N2O3/c21-19(24)18-5-2-11-22-20(18)25-17-4-1-3-16(13-17)15-8-6-14(7-9-15)10-12-23/h1-9,11,13,23H,10,12H2,(H2,21,24). The molecule has 0 saturated carbocycles. The van der Waals surface area contributed by atoms with Crippen molar-refractivity contribution in [2.75, 3.05) is 6.61 Å². The van der Waals surface area contributed by atoms with Gasteiger partial charge in [0.25, 0.3) is 5.91 Å². The van der Waals surface area contributed by atoms with Gasteiger partial charge in [-0.3, -0.25) is 4.79 Å². The van der Waals surface area contributed by atoms with Crippen molar-refractivity contribution >= 4 is 5.91 Å². The van der Waals surface area contributed by atoms with Crippen LogP contribution in [0.1, 0.15) is 15.9 Å². The maximum atomic E-state index is 11.5. The van der Waals surface area contributed by atoms with Crippen LogP contribution in [0.5, 0.6) is 11.6 Å². The Bertz CT molecular complexity index is 876. The molecule has 0 radical (unpaired) electrons. The first-order chi connectivity index (χ1) is 12.2. The fourth-order valence-corrected chi connectivity index (χ4v) is 2.50. The van der Waals surface area contributed by atoms with E-state index >= 15 is 0 Å². The molecule has 0 bridgehead atoms. The molecule has 25 heavy (non-hydrogen) atoms. The first-order valence-corrected chi connectivity index (χ1v) is 7.90. The highest BCUT2D eigenvalue weighted by atomic mass is 16.5. The number of benzene rings is 2. The van der Waals surface area contributed by atoms with E-state index in [-0.39, 0.29) is 18.1 Å². The molecule has 3 aromatic rings. The number of nitrogens with zero attached hydrogens (tertiary/aromatic N) is 1. The Balaban J connectivity index is 1.86. The van der Waals surface area contributed by atoms with Gasteiger partial charge in [0.15, 0.2) is 0 Å². The van der Waals surface area contributed by atoms with E-state index in [0.717, 1.165) is 16.7 Å². The van der Waals surface area contributed by atoms with Crippen molar-refractivity contribution < 1.29 is 14.6 Å². The molecule has 3 rings (SSSR count). The molecule has 1 aromatic heterocycles. The second-order valence-electron chi connectivity index (χ2n) is 5.52. The molecule has 0 spiro atoms. The smallest absolute Gasteiger partial charge is 0.254 e. The van der Waals surface area contributed by atoms with Crippen molar-refractivity contribution in [2.45, 2.75) is 6.42 Å². The summed E-state index contributed by atoms with van der Waals surface area (Å²) in [5, 5.41) is 8.99. The van der Waals surface area contributed by atoms with Gasteiger partial charge in [-0.25, -0.2) is 4.98 Å². The maximum Gasteiger partial charge on any atom is 0.254 e. The lowest BCUT2D eigenvalue weighted by Crippen LogP contribution is -2.12. The Morgan fingerprint density at radius 1 is 1.04 bits per heavy atom. The van der Waals surface area contributed by atoms with E-state index in [1.807, 2.05) is 42.5 Å². The van der Waals surface area contributed by atoms with Gasteiger partial charge in [-0.05, 0) is 47.4 Å². The molecular weight excluding hydrogens is 316 g/mol. The molecule has 3 N–H and O–H groups in total. The Kier molecular flexibility index (Phi) is 5.06. The fraction of sp³-hybridized carbons (Fsp3) is 0.100. The van der Waals surface area contributed by atoms with Crippen molar-refractivity contribution in [3.8, 4) is 22.8 Å². The summed E-state index contributed by atoms with van der Waals surface area (Å²) in [5.74, 6) is 0.169. The maximum absolute atomic E-state index is 11.5. The summed E-state index contributed by atoms with van der Waals surface area (Å²) in [4.78, 5) is 15.6. The monoisotopic (exact) mass is 334 g/mol. The number of aliphatic hydroxyl groups is 1. The van der Waals surface area contributed by atoms with E-state index in [1.165, 1.54) is 0 Å². The molecule has 0 aliphatic carbocycles. The summed E-state index contributed by atoms with van der Waals surface area (Å²) in [6.07, 6.45) is 2.19. The number of aromatic nitrogens is 1. The Morgan fingerprint density at radius 3 is 2.56 bits per heavy atom. The minimum absolute atomic E-state index is 0.134. The van der Waals surface area contributed by atoms with Crippen LogP contribution in [0.15, 0.2) is 66.9 Å². The van der Waals surface area contributed by atoms with Crippen LogP contribution in [-0.4, -0.2) is 22.6 Å². The van der Waals surface area contributed by atoms with Crippen molar-refractivity contribution in [1.82, 2.24) is 4.98 Å². The predicted octanol–water partition coefficient (Wildman–Crippen LogP) is 3.17. The van der Waals surface area contributed by atoms with E-state index < -0.39 is 5.91 Å². The van der Waals surface area contributed by atoms with Crippen molar-refractivity contribution in [1.29, 1.82) is 0 Å².